The van der Waals surface area contributed by atoms with Gasteiger partial charge in [-0.1, -0.05) is 0 Å². The van der Waals surface area contributed by atoms with Crippen LogP contribution in [0, 0.1) is 0 Å². The van der Waals surface area contributed by atoms with E-state index in [1.807, 2.05) is 0 Å². The molecule has 0 unspecified atom stereocenters. The monoisotopic (exact) mass is 350 g/mol. The zero-order chi connectivity index (χ0) is 17.7. The Morgan fingerprint density at radius 1 is 1.04 bits per heavy atom. The number of ether oxygens (including phenoxy) is 2. The maximum atomic E-state index is 12.6. The number of benzene rings is 2. The molecule has 0 fully saturated rings. The third-order valence-corrected chi connectivity index (χ3v) is 5.10. The van der Waals surface area contributed by atoms with E-state index in [-0.39, 0.29) is 11.5 Å². The highest BCUT2D eigenvalue weighted by Crippen LogP contribution is 2.25. The molecule has 2 aromatic rings. The number of carbonyl (C=O) groups is 1. The first-order chi connectivity index (χ1) is 11.3. The average molecular weight is 350 g/mol. The highest BCUT2D eigenvalue weighted by Gasteiger charge is 2.21. The number of rotatable bonds is 7. The molecule has 128 valence electrons. The molecule has 0 saturated heterocycles. The summed E-state index contributed by atoms with van der Waals surface area (Å²) < 4.78 is 36.6. The van der Waals surface area contributed by atoms with Crippen molar-refractivity contribution in [3.05, 3.63) is 48.5 Å². The third kappa shape index (κ3) is 3.96. The van der Waals surface area contributed by atoms with E-state index in [0.717, 1.165) is 4.31 Å². The van der Waals surface area contributed by atoms with Crippen LogP contribution >= 0.6 is 0 Å². The summed E-state index contributed by atoms with van der Waals surface area (Å²) in [5, 5.41) is 0. The van der Waals surface area contributed by atoms with Crippen molar-refractivity contribution >= 4 is 21.6 Å². The second-order valence-electron chi connectivity index (χ2n) is 4.90. The zero-order valence-corrected chi connectivity index (χ0v) is 14.1. The normalized spacial score (nSPS) is 10.9. The molecule has 2 N–H and O–H groups in total. The Morgan fingerprint density at radius 3 is 2.08 bits per heavy atom. The van der Waals surface area contributed by atoms with Gasteiger partial charge in [0.2, 0.25) is 0 Å². The van der Waals surface area contributed by atoms with Crippen molar-refractivity contribution in [2.24, 2.45) is 5.73 Å². The Hall–Kier alpha value is -2.74. The number of hydrogen-bond donors (Lipinski definition) is 1. The summed E-state index contributed by atoms with van der Waals surface area (Å²) in [5.41, 5.74) is 5.46. The van der Waals surface area contributed by atoms with Gasteiger partial charge in [0.25, 0.3) is 15.9 Å². The van der Waals surface area contributed by atoms with Gasteiger partial charge in [0.1, 0.15) is 11.5 Å². The molecule has 0 atom stereocenters. The average Bonchev–Trinajstić information content (AvgIpc) is 2.59. The van der Waals surface area contributed by atoms with Gasteiger partial charge >= 0.3 is 0 Å². The lowest BCUT2D eigenvalue weighted by molar-refractivity contribution is -0.119. The molecule has 24 heavy (non-hydrogen) atoms. The third-order valence-electron chi connectivity index (χ3n) is 3.30. The Labute approximate surface area is 140 Å². The fraction of sp³-hybridized carbons (Fsp3) is 0.188. The molecule has 0 saturated carbocycles. The molecular weight excluding hydrogens is 332 g/mol. The van der Waals surface area contributed by atoms with Crippen LogP contribution in [0.1, 0.15) is 0 Å². The number of methoxy groups -OCH3 is 1. The minimum Gasteiger partial charge on any atom is -0.497 e. The first kappa shape index (κ1) is 17.6. The van der Waals surface area contributed by atoms with Gasteiger partial charge < -0.3 is 15.2 Å². The molecular formula is C16H18N2O5S. The molecule has 0 aliphatic rings. The number of sulfonamides is 1. The molecule has 0 aromatic heterocycles. The molecule has 0 spiro atoms. The molecule has 0 heterocycles. The van der Waals surface area contributed by atoms with E-state index < -0.39 is 15.9 Å². The van der Waals surface area contributed by atoms with Crippen LogP contribution in [0.5, 0.6) is 11.5 Å². The van der Waals surface area contributed by atoms with Gasteiger partial charge in [-0.2, -0.15) is 0 Å². The standard InChI is InChI=1S/C16H18N2O5S/c1-18(12-3-5-14(6-4-12)23-11-16(17)19)24(20,21)15-9-7-13(22-2)8-10-15/h3-10H,11H2,1-2H3,(H2,17,19). The maximum Gasteiger partial charge on any atom is 0.264 e. The number of amides is 1. The van der Waals surface area contributed by atoms with E-state index in [0.29, 0.717) is 17.2 Å². The number of nitrogens with two attached hydrogens (primary N) is 1. The predicted octanol–water partition coefficient (Wildman–Crippen LogP) is 1.38. The molecule has 0 aliphatic carbocycles. The molecule has 0 radical (unpaired) electrons. The summed E-state index contributed by atoms with van der Waals surface area (Å²) in [6.07, 6.45) is 0. The van der Waals surface area contributed by atoms with Gasteiger partial charge in [-0.3, -0.25) is 9.10 Å². The molecule has 8 heteroatoms. The van der Waals surface area contributed by atoms with Crippen LogP contribution in [-0.4, -0.2) is 35.1 Å². The predicted molar refractivity (Wildman–Crippen MR) is 89.7 cm³/mol. The number of primary amides is 1. The number of anilines is 1. The van der Waals surface area contributed by atoms with Crippen LogP contribution in [-0.2, 0) is 14.8 Å². The summed E-state index contributed by atoms with van der Waals surface area (Å²) >= 11 is 0. The van der Waals surface area contributed by atoms with Crippen LogP contribution in [0.2, 0.25) is 0 Å². The van der Waals surface area contributed by atoms with Gasteiger partial charge in [-0.05, 0) is 48.5 Å². The molecule has 7 nitrogen and oxygen atoms in total. The smallest absolute Gasteiger partial charge is 0.264 e. The summed E-state index contributed by atoms with van der Waals surface area (Å²) in [4.78, 5) is 10.8. The molecule has 0 aliphatic heterocycles. The summed E-state index contributed by atoms with van der Waals surface area (Å²) in [5.74, 6) is 0.415. The number of carbonyl (C=O) groups excluding carboxylic acids is 1. The van der Waals surface area contributed by atoms with E-state index in [4.69, 9.17) is 15.2 Å². The lowest BCUT2D eigenvalue weighted by Crippen LogP contribution is -2.26. The van der Waals surface area contributed by atoms with E-state index in [1.54, 1.807) is 36.4 Å². The molecule has 2 rings (SSSR count). The minimum atomic E-state index is -3.69. The van der Waals surface area contributed by atoms with E-state index in [1.165, 1.54) is 26.3 Å². The summed E-state index contributed by atoms with van der Waals surface area (Å²) in [7, 11) is -0.724. The van der Waals surface area contributed by atoms with Gasteiger partial charge in [-0.25, -0.2) is 8.42 Å². The quantitative estimate of drug-likeness (QED) is 0.813. The van der Waals surface area contributed by atoms with E-state index >= 15 is 0 Å². The Morgan fingerprint density at radius 2 is 1.58 bits per heavy atom. The fourth-order valence-corrected chi connectivity index (χ4v) is 3.15. The topological polar surface area (TPSA) is 98.9 Å². The fourth-order valence-electron chi connectivity index (χ4n) is 1.95. The Balaban J connectivity index is 2.19. The highest BCUT2D eigenvalue weighted by molar-refractivity contribution is 7.92. The van der Waals surface area contributed by atoms with E-state index in [9.17, 15) is 13.2 Å². The summed E-state index contributed by atoms with van der Waals surface area (Å²) in [6.45, 7) is -0.237. The minimum absolute atomic E-state index is 0.153. The first-order valence-corrected chi connectivity index (χ1v) is 8.43. The van der Waals surface area contributed by atoms with Gasteiger partial charge in [-0.15, -0.1) is 0 Å². The second-order valence-corrected chi connectivity index (χ2v) is 6.87. The van der Waals surface area contributed by atoms with Gasteiger partial charge in [0.05, 0.1) is 17.7 Å². The largest absolute Gasteiger partial charge is 0.497 e. The molecule has 1 amide bonds. The van der Waals surface area contributed by atoms with Crippen LogP contribution in [0.4, 0.5) is 5.69 Å². The number of nitrogens with zero attached hydrogens (tertiary/aromatic N) is 1. The summed E-state index contributed by atoms with van der Waals surface area (Å²) in [6, 6.07) is 12.4. The Kier molecular flexibility index (Phi) is 5.30. The van der Waals surface area contributed by atoms with Crippen LogP contribution in [0.3, 0.4) is 0 Å². The lowest BCUT2D eigenvalue weighted by atomic mass is 10.3. The van der Waals surface area contributed by atoms with Crippen molar-refractivity contribution < 1.29 is 22.7 Å². The highest BCUT2D eigenvalue weighted by atomic mass is 32.2. The molecule has 0 bridgehead atoms. The molecule has 2 aromatic carbocycles. The van der Waals surface area contributed by atoms with Crippen molar-refractivity contribution in [1.82, 2.24) is 0 Å². The van der Waals surface area contributed by atoms with E-state index in [2.05, 4.69) is 0 Å². The van der Waals surface area contributed by atoms with Crippen LogP contribution in [0.25, 0.3) is 0 Å². The van der Waals surface area contributed by atoms with Crippen molar-refractivity contribution in [2.45, 2.75) is 4.90 Å². The Bertz CT molecular complexity index is 801. The zero-order valence-electron chi connectivity index (χ0n) is 13.3. The first-order valence-electron chi connectivity index (χ1n) is 6.99. The van der Waals surface area contributed by atoms with Gasteiger partial charge in [0, 0.05) is 7.05 Å². The van der Waals surface area contributed by atoms with Crippen LogP contribution < -0.4 is 19.5 Å². The number of hydrogen-bond acceptors (Lipinski definition) is 5. The lowest BCUT2D eigenvalue weighted by Gasteiger charge is -2.20. The second kappa shape index (κ2) is 7.22. The van der Waals surface area contributed by atoms with Crippen molar-refractivity contribution in [2.75, 3.05) is 25.1 Å². The van der Waals surface area contributed by atoms with Crippen molar-refractivity contribution in [3.8, 4) is 11.5 Å². The maximum absolute atomic E-state index is 12.6. The van der Waals surface area contributed by atoms with Crippen LogP contribution in [0.15, 0.2) is 53.4 Å². The van der Waals surface area contributed by atoms with Crippen molar-refractivity contribution in [3.63, 3.8) is 0 Å². The van der Waals surface area contributed by atoms with Crippen molar-refractivity contribution in [1.29, 1.82) is 0 Å². The SMILES string of the molecule is COc1ccc(S(=O)(=O)N(C)c2ccc(OCC(N)=O)cc2)cc1. The van der Waals surface area contributed by atoms with Gasteiger partial charge in [0.15, 0.2) is 6.61 Å².